The summed E-state index contributed by atoms with van der Waals surface area (Å²) in [5, 5.41) is 0. The zero-order chi connectivity index (χ0) is 6.41. The van der Waals surface area contributed by atoms with Crippen LogP contribution in [0, 0.1) is 0 Å². The molecule has 0 aromatic heterocycles. The second kappa shape index (κ2) is 5.29. The van der Waals surface area contributed by atoms with E-state index in [1.54, 1.807) is 0 Å². The van der Waals surface area contributed by atoms with Crippen molar-refractivity contribution in [3.8, 4) is 0 Å². The molecular formula is C6H14FSi. The van der Waals surface area contributed by atoms with Crippen molar-refractivity contribution in [3.63, 3.8) is 0 Å². The monoisotopic (exact) mass is 133 g/mol. The molecule has 0 aliphatic carbocycles. The fourth-order valence-electron chi connectivity index (χ4n) is 0.545. The van der Waals surface area contributed by atoms with Crippen molar-refractivity contribution in [2.45, 2.75) is 32.4 Å². The minimum atomic E-state index is -0.558. The lowest BCUT2D eigenvalue weighted by Crippen LogP contribution is -2.08. The van der Waals surface area contributed by atoms with Gasteiger partial charge in [-0.1, -0.05) is 32.4 Å². The van der Waals surface area contributed by atoms with Gasteiger partial charge in [0.15, 0.2) is 0 Å². The van der Waals surface area contributed by atoms with Crippen LogP contribution in [0.25, 0.3) is 0 Å². The van der Waals surface area contributed by atoms with Gasteiger partial charge in [0, 0.05) is 0 Å². The van der Waals surface area contributed by atoms with Gasteiger partial charge >= 0.3 is 0 Å². The minimum absolute atomic E-state index is 0.0509. The maximum absolute atomic E-state index is 11.8. The van der Waals surface area contributed by atoms with Gasteiger partial charge in [0.1, 0.15) is 0 Å². The first kappa shape index (κ1) is 8.15. The molecule has 0 N–H and O–H groups in total. The highest BCUT2D eigenvalue weighted by Crippen LogP contribution is 2.00. The highest BCUT2D eigenvalue weighted by molar-refractivity contribution is 6.57. The molecule has 8 heavy (non-hydrogen) atoms. The van der Waals surface area contributed by atoms with Crippen molar-refractivity contribution in [2.24, 2.45) is 0 Å². The maximum atomic E-state index is 11.8. The van der Waals surface area contributed by atoms with Crippen LogP contribution in [0.4, 0.5) is 4.39 Å². The molecule has 0 fully saturated rings. The second-order valence-corrected chi connectivity index (χ2v) is 4.88. The number of alkyl halides is 1. The molecule has 0 spiro atoms. The summed E-state index contributed by atoms with van der Waals surface area (Å²) >= 11 is 0. The zero-order valence-electron chi connectivity index (χ0n) is 5.71. The molecule has 0 unspecified atom stereocenters. The zero-order valence-corrected chi connectivity index (χ0v) is 6.71. The SMILES string of the molecule is CCCC[Si](C)CF. The average molecular weight is 133 g/mol. The molecule has 0 aromatic rings. The fourth-order valence-corrected chi connectivity index (χ4v) is 1.64. The van der Waals surface area contributed by atoms with Gasteiger partial charge in [-0.05, 0) is 0 Å². The number of hydrogen-bond acceptors (Lipinski definition) is 0. The number of halogens is 1. The van der Waals surface area contributed by atoms with Crippen LogP contribution < -0.4 is 0 Å². The van der Waals surface area contributed by atoms with Crippen LogP contribution >= 0.6 is 0 Å². The first-order valence-electron chi connectivity index (χ1n) is 3.18. The van der Waals surface area contributed by atoms with Crippen LogP contribution in [0.1, 0.15) is 19.8 Å². The fraction of sp³-hybridized carbons (Fsp3) is 1.00. The van der Waals surface area contributed by atoms with E-state index in [2.05, 4.69) is 13.5 Å². The number of rotatable bonds is 4. The molecule has 0 aromatic carbocycles. The van der Waals surface area contributed by atoms with Gasteiger partial charge in [-0.3, -0.25) is 4.39 Å². The Balaban J connectivity index is 2.86. The van der Waals surface area contributed by atoms with Crippen LogP contribution in [0.2, 0.25) is 12.6 Å². The van der Waals surface area contributed by atoms with E-state index in [9.17, 15) is 4.39 Å². The van der Waals surface area contributed by atoms with Gasteiger partial charge in [0.2, 0.25) is 0 Å². The molecule has 49 valence electrons. The van der Waals surface area contributed by atoms with Gasteiger partial charge in [-0.2, -0.15) is 0 Å². The van der Waals surface area contributed by atoms with E-state index in [0.717, 1.165) is 6.04 Å². The van der Waals surface area contributed by atoms with Crippen molar-refractivity contribution in [2.75, 3.05) is 6.30 Å². The van der Waals surface area contributed by atoms with Crippen LogP contribution in [0.15, 0.2) is 0 Å². The molecule has 2 heteroatoms. The molecule has 0 aliphatic rings. The Hall–Kier alpha value is 0.147. The van der Waals surface area contributed by atoms with Crippen molar-refractivity contribution in [1.82, 2.24) is 0 Å². The van der Waals surface area contributed by atoms with E-state index < -0.39 is 8.80 Å². The third kappa shape index (κ3) is 4.31. The lowest BCUT2D eigenvalue weighted by atomic mass is 10.4. The molecule has 0 nitrogen and oxygen atoms in total. The Morgan fingerprint density at radius 1 is 1.50 bits per heavy atom. The van der Waals surface area contributed by atoms with Crippen LogP contribution in [-0.2, 0) is 0 Å². The van der Waals surface area contributed by atoms with Crippen LogP contribution in [0.5, 0.6) is 0 Å². The van der Waals surface area contributed by atoms with Gasteiger partial charge in [0.05, 0.1) is 15.1 Å². The lowest BCUT2D eigenvalue weighted by molar-refractivity contribution is 0.585. The van der Waals surface area contributed by atoms with E-state index in [4.69, 9.17) is 0 Å². The lowest BCUT2D eigenvalue weighted by Gasteiger charge is -1.99. The summed E-state index contributed by atoms with van der Waals surface area (Å²) in [7, 11) is -0.558. The summed E-state index contributed by atoms with van der Waals surface area (Å²) in [4.78, 5) is 0. The molecule has 0 bridgehead atoms. The Morgan fingerprint density at radius 3 is 2.50 bits per heavy atom. The standard InChI is InChI=1S/C6H14FSi/c1-3-4-5-8(2)6-7/h3-6H2,1-2H3. The third-order valence-electron chi connectivity index (χ3n) is 1.19. The molecule has 0 rings (SSSR count). The Bertz CT molecular complexity index is 47.8. The summed E-state index contributed by atoms with van der Waals surface area (Å²) in [6.07, 6.45) is 2.38. The largest absolute Gasteiger partial charge is 0.255 e. The first-order valence-corrected chi connectivity index (χ1v) is 5.60. The van der Waals surface area contributed by atoms with E-state index >= 15 is 0 Å². The van der Waals surface area contributed by atoms with Gasteiger partial charge < -0.3 is 0 Å². The van der Waals surface area contributed by atoms with Crippen molar-refractivity contribution >= 4 is 8.80 Å². The Kier molecular flexibility index (Phi) is 5.38. The number of unbranched alkanes of at least 4 members (excludes halogenated alkanes) is 1. The maximum Gasteiger partial charge on any atom is 0.0844 e. The summed E-state index contributed by atoms with van der Waals surface area (Å²) in [6, 6.07) is 1.15. The highest BCUT2D eigenvalue weighted by Gasteiger charge is 2.00. The highest BCUT2D eigenvalue weighted by atomic mass is 28.3. The summed E-state index contributed by atoms with van der Waals surface area (Å²) in [5.41, 5.74) is 0. The summed E-state index contributed by atoms with van der Waals surface area (Å²) in [6.45, 7) is 4.20. The molecule has 0 atom stereocenters. The van der Waals surface area contributed by atoms with Crippen LogP contribution in [-0.4, -0.2) is 15.1 Å². The normalized spacial score (nSPS) is 10.5. The molecule has 0 aliphatic heterocycles. The third-order valence-corrected chi connectivity index (χ3v) is 2.85. The topological polar surface area (TPSA) is 0 Å². The summed E-state index contributed by atoms with van der Waals surface area (Å²) in [5.74, 6) is 0. The van der Waals surface area contributed by atoms with E-state index in [1.807, 2.05) is 0 Å². The molecule has 0 saturated carbocycles. The van der Waals surface area contributed by atoms with E-state index in [0.29, 0.717) is 0 Å². The molecule has 0 saturated heterocycles. The molecule has 0 amide bonds. The van der Waals surface area contributed by atoms with E-state index in [1.165, 1.54) is 12.8 Å². The van der Waals surface area contributed by atoms with Crippen molar-refractivity contribution in [3.05, 3.63) is 0 Å². The number of hydrogen-bond donors (Lipinski definition) is 0. The van der Waals surface area contributed by atoms with Crippen molar-refractivity contribution in [1.29, 1.82) is 0 Å². The predicted molar refractivity (Wildman–Crippen MR) is 37.3 cm³/mol. The smallest absolute Gasteiger partial charge is 0.0844 e. The summed E-state index contributed by atoms with van der Waals surface area (Å²) < 4.78 is 11.8. The van der Waals surface area contributed by atoms with Crippen LogP contribution in [0.3, 0.4) is 0 Å². The molecule has 1 radical (unpaired) electrons. The Labute approximate surface area is 52.7 Å². The predicted octanol–water partition coefficient (Wildman–Crippen LogP) is 2.42. The molecule has 0 heterocycles. The Morgan fingerprint density at radius 2 is 2.12 bits per heavy atom. The van der Waals surface area contributed by atoms with Gasteiger partial charge in [0.25, 0.3) is 0 Å². The van der Waals surface area contributed by atoms with Gasteiger partial charge in [-0.25, -0.2) is 0 Å². The minimum Gasteiger partial charge on any atom is -0.255 e. The second-order valence-electron chi connectivity index (χ2n) is 2.19. The van der Waals surface area contributed by atoms with Crippen molar-refractivity contribution < 1.29 is 4.39 Å². The van der Waals surface area contributed by atoms with Gasteiger partial charge in [-0.15, -0.1) is 0 Å². The average Bonchev–Trinajstić information content (AvgIpc) is 1.83. The van der Waals surface area contributed by atoms with E-state index in [-0.39, 0.29) is 6.30 Å². The first-order chi connectivity index (χ1) is 3.81. The quantitative estimate of drug-likeness (QED) is 0.517. The molecular weight excluding hydrogens is 119 g/mol.